The van der Waals surface area contributed by atoms with E-state index in [2.05, 4.69) is 4.98 Å². The van der Waals surface area contributed by atoms with Gasteiger partial charge in [0.1, 0.15) is 0 Å². The van der Waals surface area contributed by atoms with Crippen LogP contribution < -0.4 is 0 Å². The van der Waals surface area contributed by atoms with Gasteiger partial charge in [0, 0.05) is 31.3 Å². The van der Waals surface area contributed by atoms with Gasteiger partial charge in [-0.1, -0.05) is 19.1 Å². The topological polar surface area (TPSA) is 100 Å². The van der Waals surface area contributed by atoms with Crippen molar-refractivity contribution in [2.24, 2.45) is 0 Å². The Morgan fingerprint density at radius 3 is 2.71 bits per heavy atom. The van der Waals surface area contributed by atoms with Gasteiger partial charge in [-0.05, 0) is 36.2 Å². The fraction of sp³-hybridized carbons (Fsp3) is 0.400. The molecule has 8 heteroatoms. The molecule has 0 saturated carbocycles. The summed E-state index contributed by atoms with van der Waals surface area (Å²) in [6.07, 6.45) is 0.922. The van der Waals surface area contributed by atoms with Gasteiger partial charge in [-0.25, -0.2) is 8.42 Å². The molecule has 1 aromatic carbocycles. The van der Waals surface area contributed by atoms with Crippen molar-refractivity contribution in [1.29, 1.82) is 0 Å². The molecule has 0 bridgehead atoms. The van der Waals surface area contributed by atoms with E-state index < -0.39 is 16.0 Å². The summed E-state index contributed by atoms with van der Waals surface area (Å²) in [4.78, 5) is 15.6. The van der Waals surface area contributed by atoms with E-state index in [1.807, 2.05) is 25.1 Å². The third-order valence-electron chi connectivity index (χ3n) is 4.69. The van der Waals surface area contributed by atoms with Crippen molar-refractivity contribution in [3.8, 4) is 11.3 Å². The second-order valence-electron chi connectivity index (χ2n) is 6.82. The van der Waals surface area contributed by atoms with Crippen molar-refractivity contribution in [3.63, 3.8) is 0 Å². The number of epoxide rings is 1. The van der Waals surface area contributed by atoms with E-state index in [4.69, 9.17) is 9.84 Å². The molecule has 7 nitrogen and oxygen atoms in total. The van der Waals surface area contributed by atoms with Gasteiger partial charge in [-0.2, -0.15) is 4.31 Å². The van der Waals surface area contributed by atoms with Gasteiger partial charge in [0.05, 0.1) is 29.7 Å². The molecule has 0 spiro atoms. The number of carboxylic acid groups (broad SMARTS) is 1. The van der Waals surface area contributed by atoms with E-state index in [9.17, 15) is 13.2 Å². The molecule has 0 amide bonds. The van der Waals surface area contributed by atoms with Gasteiger partial charge in [0.15, 0.2) is 0 Å². The lowest BCUT2D eigenvalue weighted by atomic mass is 10.1. The Kier molecular flexibility index (Phi) is 6.12. The number of nitrogens with zero attached hydrogens (tertiary/aromatic N) is 2. The number of carbonyl (C=O) groups is 1. The quantitative estimate of drug-likeness (QED) is 0.644. The summed E-state index contributed by atoms with van der Waals surface area (Å²) in [6.45, 7) is 2.86. The monoisotopic (exact) mass is 404 g/mol. The Morgan fingerprint density at radius 2 is 2.07 bits per heavy atom. The minimum atomic E-state index is -3.59. The van der Waals surface area contributed by atoms with E-state index in [-0.39, 0.29) is 12.5 Å². The summed E-state index contributed by atoms with van der Waals surface area (Å²) >= 11 is 0. The zero-order chi connectivity index (χ0) is 20.3. The fourth-order valence-corrected chi connectivity index (χ4v) is 4.48. The second kappa shape index (κ2) is 8.38. The lowest BCUT2D eigenvalue weighted by Gasteiger charge is -2.19. The first-order valence-corrected chi connectivity index (χ1v) is 10.6. The Labute approximate surface area is 165 Å². The molecule has 1 atom stereocenters. The number of ether oxygens (including phenoxy) is 1. The molecule has 28 heavy (non-hydrogen) atoms. The van der Waals surface area contributed by atoms with Gasteiger partial charge in [-0.15, -0.1) is 0 Å². The molecule has 1 saturated heterocycles. The molecular weight excluding hydrogens is 380 g/mol. The summed E-state index contributed by atoms with van der Waals surface area (Å²) in [5.74, 6) is -0.865. The highest BCUT2D eigenvalue weighted by atomic mass is 32.2. The number of hydrogen-bond acceptors (Lipinski definition) is 5. The number of pyridine rings is 1. The van der Waals surface area contributed by atoms with Crippen LogP contribution in [0.3, 0.4) is 0 Å². The maximum absolute atomic E-state index is 12.9. The normalized spacial score (nSPS) is 16.3. The fourth-order valence-electron chi connectivity index (χ4n) is 3.01. The highest BCUT2D eigenvalue weighted by Gasteiger charge is 2.31. The third-order valence-corrected chi connectivity index (χ3v) is 6.61. The molecule has 0 unspecified atom stereocenters. The van der Waals surface area contributed by atoms with Gasteiger partial charge in [0.25, 0.3) is 0 Å². The van der Waals surface area contributed by atoms with Gasteiger partial charge >= 0.3 is 5.97 Å². The van der Waals surface area contributed by atoms with Crippen molar-refractivity contribution in [2.45, 2.75) is 37.2 Å². The van der Waals surface area contributed by atoms with Gasteiger partial charge in [-0.3, -0.25) is 9.78 Å². The van der Waals surface area contributed by atoms with Crippen LogP contribution in [0.15, 0.2) is 41.3 Å². The van der Waals surface area contributed by atoms with Crippen LogP contribution in [0.1, 0.15) is 24.6 Å². The number of rotatable bonds is 9. The van der Waals surface area contributed by atoms with Crippen LogP contribution in [-0.2, 0) is 32.4 Å². The predicted octanol–water partition coefficient (Wildman–Crippen LogP) is 2.35. The smallest absolute Gasteiger partial charge is 0.303 e. The molecule has 1 fully saturated rings. The zero-order valence-electron chi connectivity index (χ0n) is 16.0. The van der Waals surface area contributed by atoms with Crippen LogP contribution in [0.4, 0.5) is 0 Å². The molecular formula is C20H24N2O5S. The average Bonchev–Trinajstić information content (AvgIpc) is 3.50. The van der Waals surface area contributed by atoms with Gasteiger partial charge < -0.3 is 9.84 Å². The second-order valence-corrected chi connectivity index (χ2v) is 8.84. The molecule has 2 aromatic rings. The van der Waals surface area contributed by atoms with Crippen molar-refractivity contribution in [1.82, 2.24) is 9.29 Å². The maximum Gasteiger partial charge on any atom is 0.303 e. The van der Waals surface area contributed by atoms with Crippen molar-refractivity contribution in [3.05, 3.63) is 47.7 Å². The molecule has 150 valence electrons. The highest BCUT2D eigenvalue weighted by molar-refractivity contribution is 7.89. The molecule has 1 aromatic heterocycles. The Hall–Kier alpha value is -2.29. The molecule has 0 aliphatic carbocycles. The Morgan fingerprint density at radius 1 is 1.32 bits per heavy atom. The van der Waals surface area contributed by atoms with Crippen molar-refractivity contribution in [2.75, 3.05) is 20.2 Å². The molecule has 1 aliphatic rings. The molecule has 1 aliphatic heterocycles. The van der Waals surface area contributed by atoms with E-state index in [1.165, 1.54) is 4.31 Å². The van der Waals surface area contributed by atoms with Crippen molar-refractivity contribution >= 4 is 16.0 Å². The number of hydrogen-bond donors (Lipinski definition) is 1. The summed E-state index contributed by atoms with van der Waals surface area (Å²) < 4.78 is 32.3. The molecule has 2 heterocycles. The van der Waals surface area contributed by atoms with E-state index in [1.54, 1.807) is 25.2 Å². The SMILES string of the molecule is CCc1cc(-c2cccc(CCC(=O)O)n2)ccc1S(=O)(=O)N(C)C[C@H]1CO1. The predicted molar refractivity (Wildman–Crippen MR) is 105 cm³/mol. The number of carboxylic acids is 1. The Bertz CT molecular complexity index is 970. The van der Waals surface area contributed by atoms with Crippen molar-refractivity contribution < 1.29 is 23.1 Å². The number of sulfonamides is 1. The summed E-state index contributed by atoms with van der Waals surface area (Å²) in [5, 5.41) is 8.84. The first kappa shape index (κ1) is 20.4. The first-order chi connectivity index (χ1) is 13.3. The van der Waals surface area contributed by atoms with E-state index in [0.29, 0.717) is 42.3 Å². The number of aryl methyl sites for hydroxylation is 2. The van der Waals surface area contributed by atoms with E-state index in [0.717, 1.165) is 11.1 Å². The summed E-state index contributed by atoms with van der Waals surface area (Å²) in [5.41, 5.74) is 2.92. The van der Waals surface area contributed by atoms with Crippen LogP contribution in [0, 0.1) is 0 Å². The number of aromatic nitrogens is 1. The average molecular weight is 404 g/mol. The lowest BCUT2D eigenvalue weighted by molar-refractivity contribution is -0.136. The van der Waals surface area contributed by atoms with Crippen LogP contribution in [-0.4, -0.2) is 55.1 Å². The molecule has 0 radical (unpaired) electrons. The zero-order valence-corrected chi connectivity index (χ0v) is 16.8. The lowest BCUT2D eigenvalue weighted by Crippen LogP contribution is -2.31. The Balaban J connectivity index is 1.89. The third kappa shape index (κ3) is 4.76. The van der Waals surface area contributed by atoms with Crippen LogP contribution >= 0.6 is 0 Å². The molecule has 3 rings (SSSR count). The van der Waals surface area contributed by atoms with Gasteiger partial charge in [0.2, 0.25) is 10.0 Å². The maximum atomic E-state index is 12.9. The molecule has 1 N–H and O–H groups in total. The first-order valence-electron chi connectivity index (χ1n) is 9.20. The van der Waals surface area contributed by atoms with Crippen LogP contribution in [0.25, 0.3) is 11.3 Å². The summed E-state index contributed by atoms with van der Waals surface area (Å²) in [6, 6.07) is 10.7. The summed E-state index contributed by atoms with van der Waals surface area (Å²) in [7, 11) is -2.03. The number of likely N-dealkylation sites (N-methyl/N-ethyl adjacent to an activating group) is 1. The van der Waals surface area contributed by atoms with E-state index >= 15 is 0 Å². The largest absolute Gasteiger partial charge is 0.481 e. The number of benzene rings is 1. The minimum Gasteiger partial charge on any atom is -0.481 e. The highest BCUT2D eigenvalue weighted by Crippen LogP contribution is 2.27. The number of aliphatic carboxylic acids is 1. The standard InChI is InChI=1S/C20H24N2O5S/c1-3-14-11-15(18-6-4-5-16(21-18)8-10-20(23)24)7-9-19(14)28(25,26)22(2)12-17-13-27-17/h4-7,9,11,17H,3,8,10,12-13H2,1-2H3,(H,23,24)/t17-/m0/s1. The minimum absolute atomic E-state index is 0.0122. The van der Waals surface area contributed by atoms with Crippen LogP contribution in [0.5, 0.6) is 0 Å². The van der Waals surface area contributed by atoms with Crippen LogP contribution in [0.2, 0.25) is 0 Å².